The standard InChI is InChI=1S/C15H20ClNO2/c1-2-5-13(16)9-17-15(18)12-8-11-6-3-4-7-14(11)19-10-12/h3-4,6-7,12-13H,2,5,8-10H2,1H3,(H,17,18). The molecule has 104 valence electrons. The zero-order chi connectivity index (χ0) is 13.7. The van der Waals surface area contributed by atoms with E-state index in [9.17, 15) is 4.79 Å². The first-order chi connectivity index (χ1) is 9.20. The number of rotatable bonds is 5. The van der Waals surface area contributed by atoms with Gasteiger partial charge in [-0.15, -0.1) is 11.6 Å². The van der Waals surface area contributed by atoms with Crippen LogP contribution in [-0.2, 0) is 11.2 Å². The summed E-state index contributed by atoms with van der Waals surface area (Å²) < 4.78 is 5.62. The van der Waals surface area contributed by atoms with Crippen molar-refractivity contribution < 1.29 is 9.53 Å². The average Bonchev–Trinajstić information content (AvgIpc) is 2.44. The molecule has 0 bridgehead atoms. The van der Waals surface area contributed by atoms with Gasteiger partial charge in [0.1, 0.15) is 12.4 Å². The Morgan fingerprint density at radius 1 is 1.53 bits per heavy atom. The normalized spacial score (nSPS) is 19.2. The van der Waals surface area contributed by atoms with E-state index in [2.05, 4.69) is 12.2 Å². The van der Waals surface area contributed by atoms with Crippen molar-refractivity contribution in [2.45, 2.75) is 31.6 Å². The average molecular weight is 282 g/mol. The minimum atomic E-state index is -0.111. The number of nitrogens with one attached hydrogen (secondary N) is 1. The Balaban J connectivity index is 1.85. The molecule has 2 atom stereocenters. The fraction of sp³-hybridized carbons (Fsp3) is 0.533. The van der Waals surface area contributed by atoms with Crippen LogP contribution in [0.4, 0.5) is 0 Å². The molecule has 2 rings (SSSR count). The lowest BCUT2D eigenvalue weighted by Gasteiger charge is -2.24. The van der Waals surface area contributed by atoms with Crippen molar-refractivity contribution in [2.24, 2.45) is 5.92 Å². The maximum atomic E-state index is 12.1. The van der Waals surface area contributed by atoms with E-state index in [1.807, 2.05) is 24.3 Å². The molecule has 1 aromatic carbocycles. The van der Waals surface area contributed by atoms with Gasteiger partial charge in [0.25, 0.3) is 0 Å². The van der Waals surface area contributed by atoms with Crippen molar-refractivity contribution in [3.8, 4) is 5.75 Å². The van der Waals surface area contributed by atoms with Crippen LogP contribution >= 0.6 is 11.6 Å². The van der Waals surface area contributed by atoms with Crippen LogP contribution in [0.2, 0.25) is 0 Å². The van der Waals surface area contributed by atoms with Crippen molar-refractivity contribution in [2.75, 3.05) is 13.2 Å². The zero-order valence-corrected chi connectivity index (χ0v) is 12.0. The molecule has 4 heteroatoms. The van der Waals surface area contributed by atoms with Gasteiger partial charge in [0.15, 0.2) is 0 Å². The lowest BCUT2D eigenvalue weighted by Crippen LogP contribution is -2.39. The highest BCUT2D eigenvalue weighted by atomic mass is 35.5. The summed E-state index contributed by atoms with van der Waals surface area (Å²) >= 11 is 6.10. The summed E-state index contributed by atoms with van der Waals surface area (Å²) in [6.45, 7) is 3.07. The summed E-state index contributed by atoms with van der Waals surface area (Å²) in [6, 6.07) is 7.87. The van der Waals surface area contributed by atoms with E-state index >= 15 is 0 Å². The second kappa shape index (κ2) is 6.80. The molecule has 1 amide bonds. The first-order valence-corrected chi connectivity index (χ1v) is 7.26. The van der Waals surface area contributed by atoms with Gasteiger partial charge in [0, 0.05) is 6.54 Å². The number of para-hydroxylation sites is 1. The summed E-state index contributed by atoms with van der Waals surface area (Å²) in [6.07, 6.45) is 2.69. The third-order valence-corrected chi connectivity index (χ3v) is 3.72. The molecule has 1 N–H and O–H groups in total. The van der Waals surface area contributed by atoms with E-state index in [1.165, 1.54) is 0 Å². The molecule has 0 saturated heterocycles. The molecule has 3 nitrogen and oxygen atoms in total. The highest BCUT2D eigenvalue weighted by Crippen LogP contribution is 2.26. The van der Waals surface area contributed by atoms with Crippen LogP contribution in [0.25, 0.3) is 0 Å². The van der Waals surface area contributed by atoms with Gasteiger partial charge in [0.05, 0.1) is 11.3 Å². The molecule has 1 aliphatic heterocycles. The van der Waals surface area contributed by atoms with Gasteiger partial charge in [0.2, 0.25) is 5.91 Å². The summed E-state index contributed by atoms with van der Waals surface area (Å²) in [4.78, 5) is 12.1. The molecular weight excluding hydrogens is 262 g/mol. The van der Waals surface area contributed by atoms with Gasteiger partial charge in [-0.05, 0) is 24.5 Å². The van der Waals surface area contributed by atoms with Crippen LogP contribution in [0.5, 0.6) is 5.75 Å². The van der Waals surface area contributed by atoms with Crippen LogP contribution in [0.15, 0.2) is 24.3 Å². The van der Waals surface area contributed by atoms with Gasteiger partial charge in [-0.25, -0.2) is 0 Å². The van der Waals surface area contributed by atoms with E-state index < -0.39 is 0 Å². The third kappa shape index (κ3) is 3.87. The Morgan fingerprint density at radius 2 is 2.32 bits per heavy atom. The number of carbonyl (C=O) groups is 1. The molecule has 0 spiro atoms. The SMILES string of the molecule is CCCC(Cl)CNC(=O)C1COc2ccccc2C1. The topological polar surface area (TPSA) is 38.3 Å². The van der Waals surface area contributed by atoms with E-state index in [0.717, 1.165) is 30.6 Å². The van der Waals surface area contributed by atoms with Crippen LogP contribution in [-0.4, -0.2) is 24.4 Å². The third-order valence-electron chi connectivity index (χ3n) is 3.35. The number of hydrogen-bond donors (Lipinski definition) is 1. The number of carbonyl (C=O) groups excluding carboxylic acids is 1. The van der Waals surface area contributed by atoms with Crippen molar-refractivity contribution in [1.82, 2.24) is 5.32 Å². The van der Waals surface area contributed by atoms with Crippen LogP contribution in [0, 0.1) is 5.92 Å². The highest BCUT2D eigenvalue weighted by Gasteiger charge is 2.25. The molecule has 0 aromatic heterocycles. The monoisotopic (exact) mass is 281 g/mol. The lowest BCUT2D eigenvalue weighted by molar-refractivity contribution is -0.126. The molecule has 0 fully saturated rings. The van der Waals surface area contributed by atoms with E-state index in [4.69, 9.17) is 16.3 Å². The van der Waals surface area contributed by atoms with E-state index in [-0.39, 0.29) is 17.2 Å². The van der Waals surface area contributed by atoms with Crippen molar-refractivity contribution in [3.05, 3.63) is 29.8 Å². The number of benzene rings is 1. The number of fused-ring (bicyclic) bond motifs is 1. The Bertz CT molecular complexity index is 436. The van der Waals surface area contributed by atoms with E-state index in [1.54, 1.807) is 0 Å². The molecule has 1 heterocycles. The van der Waals surface area contributed by atoms with Crippen LogP contribution in [0.1, 0.15) is 25.3 Å². The predicted molar refractivity (Wildman–Crippen MR) is 76.7 cm³/mol. The molecule has 1 aromatic rings. The van der Waals surface area contributed by atoms with Gasteiger partial charge in [-0.1, -0.05) is 31.5 Å². The second-order valence-corrected chi connectivity index (χ2v) is 5.57. The van der Waals surface area contributed by atoms with Crippen molar-refractivity contribution >= 4 is 17.5 Å². The Labute approximate surface area is 119 Å². The number of halogens is 1. The summed E-state index contributed by atoms with van der Waals surface area (Å²) in [5, 5.41) is 2.94. The van der Waals surface area contributed by atoms with Crippen molar-refractivity contribution in [3.63, 3.8) is 0 Å². The number of ether oxygens (including phenoxy) is 1. The predicted octanol–water partition coefficient (Wildman–Crippen LogP) is 2.76. The first-order valence-electron chi connectivity index (χ1n) is 6.83. The fourth-order valence-electron chi connectivity index (χ4n) is 2.27. The van der Waals surface area contributed by atoms with Crippen LogP contribution in [0.3, 0.4) is 0 Å². The Morgan fingerprint density at radius 3 is 3.11 bits per heavy atom. The second-order valence-electron chi connectivity index (χ2n) is 4.95. The maximum Gasteiger partial charge on any atom is 0.226 e. The molecule has 0 saturated carbocycles. The summed E-state index contributed by atoms with van der Waals surface area (Å²) in [5.41, 5.74) is 1.10. The van der Waals surface area contributed by atoms with Gasteiger partial charge in [-0.2, -0.15) is 0 Å². The lowest BCUT2D eigenvalue weighted by atomic mass is 9.96. The minimum absolute atomic E-state index is 0.0192. The molecule has 0 radical (unpaired) electrons. The number of alkyl halides is 1. The molecule has 2 unspecified atom stereocenters. The molecule has 1 aliphatic rings. The summed E-state index contributed by atoms with van der Waals surface area (Å²) in [5.74, 6) is 0.824. The molecular formula is C15H20ClNO2. The van der Waals surface area contributed by atoms with Gasteiger partial charge in [-0.3, -0.25) is 4.79 Å². The van der Waals surface area contributed by atoms with Crippen molar-refractivity contribution in [1.29, 1.82) is 0 Å². The number of hydrogen-bond acceptors (Lipinski definition) is 2. The van der Waals surface area contributed by atoms with Gasteiger partial charge >= 0.3 is 0 Å². The smallest absolute Gasteiger partial charge is 0.226 e. The maximum absolute atomic E-state index is 12.1. The summed E-state index contributed by atoms with van der Waals surface area (Å²) in [7, 11) is 0. The quantitative estimate of drug-likeness (QED) is 0.843. The number of amides is 1. The fourth-order valence-corrected chi connectivity index (χ4v) is 2.56. The van der Waals surface area contributed by atoms with E-state index in [0.29, 0.717) is 13.2 Å². The van der Waals surface area contributed by atoms with Crippen LogP contribution < -0.4 is 10.1 Å². The van der Waals surface area contributed by atoms with Gasteiger partial charge < -0.3 is 10.1 Å². The minimum Gasteiger partial charge on any atom is -0.492 e. The highest BCUT2D eigenvalue weighted by molar-refractivity contribution is 6.20. The zero-order valence-electron chi connectivity index (χ0n) is 11.2. The molecule has 19 heavy (non-hydrogen) atoms. The molecule has 0 aliphatic carbocycles. The Hall–Kier alpha value is -1.22. The first kappa shape index (κ1) is 14.2. The Kier molecular flexibility index (Phi) is 5.08. The largest absolute Gasteiger partial charge is 0.492 e.